The molecule has 1 fully saturated rings. The summed E-state index contributed by atoms with van der Waals surface area (Å²) in [5.74, 6) is 0.794. The van der Waals surface area contributed by atoms with Gasteiger partial charge in [-0.3, -0.25) is 4.90 Å². The fourth-order valence-corrected chi connectivity index (χ4v) is 2.16. The third kappa shape index (κ3) is 2.71. The summed E-state index contributed by atoms with van der Waals surface area (Å²) in [6.45, 7) is 6.48. The molecule has 3 unspecified atom stereocenters. The molecular weight excluding hydrogens is 218 g/mol. The Bertz CT molecular complexity index is 142. The number of nitrogens with zero attached hydrogens (tertiary/aromatic N) is 1. The van der Waals surface area contributed by atoms with Crippen molar-refractivity contribution in [2.24, 2.45) is 5.92 Å². The molecule has 0 saturated carbocycles. The summed E-state index contributed by atoms with van der Waals surface area (Å²) >= 11 is 3.28. The van der Waals surface area contributed by atoms with E-state index in [9.17, 15) is 5.11 Å². The normalized spacial score (nSPS) is 34.0. The van der Waals surface area contributed by atoms with E-state index < -0.39 is 0 Å². The van der Waals surface area contributed by atoms with Crippen LogP contribution in [-0.4, -0.2) is 40.6 Å². The average molecular weight is 236 g/mol. The van der Waals surface area contributed by atoms with Gasteiger partial charge in [0.25, 0.3) is 0 Å². The van der Waals surface area contributed by atoms with Gasteiger partial charge in [0.15, 0.2) is 0 Å². The second kappa shape index (κ2) is 4.58. The van der Waals surface area contributed by atoms with Crippen LogP contribution in [0.25, 0.3) is 0 Å². The number of halogens is 1. The van der Waals surface area contributed by atoms with Crippen molar-refractivity contribution in [3.63, 3.8) is 0 Å². The van der Waals surface area contributed by atoms with Gasteiger partial charge in [-0.2, -0.15) is 0 Å². The Kier molecular flexibility index (Phi) is 4.00. The maximum Gasteiger partial charge on any atom is 0.0763 e. The van der Waals surface area contributed by atoms with E-state index in [0.717, 1.165) is 19.0 Å². The molecule has 1 aliphatic rings. The first-order chi connectivity index (χ1) is 5.63. The Balaban J connectivity index is 2.32. The van der Waals surface area contributed by atoms with Gasteiger partial charge in [0.1, 0.15) is 0 Å². The molecule has 12 heavy (non-hydrogen) atoms. The molecule has 0 spiro atoms. The van der Waals surface area contributed by atoms with E-state index in [1.165, 1.54) is 6.42 Å². The molecule has 1 aliphatic heterocycles. The zero-order chi connectivity index (χ0) is 9.14. The molecule has 1 rings (SSSR count). The van der Waals surface area contributed by atoms with Gasteiger partial charge in [0.2, 0.25) is 0 Å². The van der Waals surface area contributed by atoms with Gasteiger partial charge in [-0.1, -0.05) is 22.9 Å². The number of aliphatic hydroxyl groups excluding tert-OH is 1. The van der Waals surface area contributed by atoms with Gasteiger partial charge >= 0.3 is 0 Å². The van der Waals surface area contributed by atoms with Crippen molar-refractivity contribution in [1.29, 1.82) is 0 Å². The summed E-state index contributed by atoms with van der Waals surface area (Å²) in [6, 6.07) is 0.647. The quantitative estimate of drug-likeness (QED) is 0.750. The number of aliphatic hydroxyl groups is 1. The Labute approximate surface area is 83.1 Å². The molecule has 0 aromatic carbocycles. The number of likely N-dealkylation sites (tertiary alicyclic amines) is 1. The maximum absolute atomic E-state index is 9.43. The average Bonchev–Trinajstić information content (AvgIpc) is 2.30. The van der Waals surface area contributed by atoms with E-state index in [-0.39, 0.29) is 6.10 Å². The predicted molar refractivity (Wildman–Crippen MR) is 54.6 cm³/mol. The lowest BCUT2D eigenvalue weighted by Crippen LogP contribution is -2.35. The Morgan fingerprint density at radius 2 is 2.25 bits per heavy atom. The first-order valence-electron chi connectivity index (χ1n) is 4.61. The van der Waals surface area contributed by atoms with Crippen molar-refractivity contribution in [1.82, 2.24) is 4.90 Å². The van der Waals surface area contributed by atoms with E-state index in [1.807, 2.05) is 0 Å². The van der Waals surface area contributed by atoms with Crippen molar-refractivity contribution in [2.45, 2.75) is 32.4 Å². The largest absolute Gasteiger partial charge is 0.391 e. The Hall–Kier alpha value is 0.400. The fourth-order valence-electron chi connectivity index (χ4n) is 1.96. The van der Waals surface area contributed by atoms with Crippen LogP contribution in [0.2, 0.25) is 0 Å². The van der Waals surface area contributed by atoms with Crippen LogP contribution in [0.3, 0.4) is 0 Å². The highest BCUT2D eigenvalue weighted by Crippen LogP contribution is 2.22. The molecule has 0 aromatic rings. The zero-order valence-corrected chi connectivity index (χ0v) is 9.42. The van der Waals surface area contributed by atoms with Gasteiger partial charge in [-0.05, 0) is 19.3 Å². The van der Waals surface area contributed by atoms with Crippen LogP contribution < -0.4 is 0 Å². The van der Waals surface area contributed by atoms with Crippen LogP contribution in [-0.2, 0) is 0 Å². The second-order valence-corrected chi connectivity index (χ2v) is 4.60. The second-order valence-electron chi connectivity index (χ2n) is 3.95. The zero-order valence-electron chi connectivity index (χ0n) is 7.83. The van der Waals surface area contributed by atoms with Crippen LogP contribution >= 0.6 is 15.9 Å². The summed E-state index contributed by atoms with van der Waals surface area (Å²) in [5, 5.41) is 10.1. The number of hydrogen-bond donors (Lipinski definition) is 1. The minimum absolute atomic E-state index is 0.210. The lowest BCUT2D eigenvalue weighted by molar-refractivity contribution is 0.126. The third-order valence-corrected chi connectivity index (χ3v) is 3.28. The van der Waals surface area contributed by atoms with Crippen molar-refractivity contribution >= 4 is 15.9 Å². The smallest absolute Gasteiger partial charge is 0.0763 e. The molecule has 1 saturated heterocycles. The van der Waals surface area contributed by atoms with Gasteiger partial charge < -0.3 is 5.11 Å². The SMILES string of the molecule is CC1CC(C)N(CC(O)CBr)C1. The molecule has 0 aromatic heterocycles. The first kappa shape index (κ1) is 10.5. The van der Waals surface area contributed by atoms with Crippen LogP contribution in [0.15, 0.2) is 0 Å². The number of rotatable bonds is 3. The van der Waals surface area contributed by atoms with Crippen molar-refractivity contribution in [3.05, 3.63) is 0 Å². The fraction of sp³-hybridized carbons (Fsp3) is 1.00. The van der Waals surface area contributed by atoms with E-state index in [4.69, 9.17) is 0 Å². The van der Waals surface area contributed by atoms with E-state index in [2.05, 4.69) is 34.7 Å². The molecule has 1 N–H and O–H groups in total. The van der Waals surface area contributed by atoms with Crippen molar-refractivity contribution in [2.75, 3.05) is 18.4 Å². The highest BCUT2D eigenvalue weighted by Gasteiger charge is 2.26. The minimum Gasteiger partial charge on any atom is -0.391 e. The minimum atomic E-state index is -0.210. The van der Waals surface area contributed by atoms with Crippen molar-refractivity contribution < 1.29 is 5.11 Å². The Morgan fingerprint density at radius 3 is 2.67 bits per heavy atom. The summed E-state index contributed by atoms with van der Waals surface area (Å²) in [7, 11) is 0. The molecule has 3 heteroatoms. The molecule has 72 valence electrons. The van der Waals surface area contributed by atoms with Crippen molar-refractivity contribution in [3.8, 4) is 0 Å². The van der Waals surface area contributed by atoms with E-state index >= 15 is 0 Å². The van der Waals surface area contributed by atoms with Crippen LogP contribution in [0.4, 0.5) is 0 Å². The van der Waals surface area contributed by atoms with Crippen LogP contribution in [0.5, 0.6) is 0 Å². The van der Waals surface area contributed by atoms with Gasteiger partial charge in [-0.15, -0.1) is 0 Å². The monoisotopic (exact) mass is 235 g/mol. The lowest BCUT2D eigenvalue weighted by Gasteiger charge is -2.23. The molecule has 0 bridgehead atoms. The first-order valence-corrected chi connectivity index (χ1v) is 5.73. The third-order valence-electron chi connectivity index (χ3n) is 2.54. The molecule has 0 amide bonds. The molecule has 2 nitrogen and oxygen atoms in total. The van der Waals surface area contributed by atoms with E-state index in [0.29, 0.717) is 11.4 Å². The molecular formula is C9H18BrNO. The highest BCUT2D eigenvalue weighted by atomic mass is 79.9. The molecule has 1 heterocycles. The van der Waals surface area contributed by atoms with Crippen LogP contribution in [0.1, 0.15) is 20.3 Å². The number of hydrogen-bond acceptors (Lipinski definition) is 2. The maximum atomic E-state index is 9.43. The van der Waals surface area contributed by atoms with E-state index in [1.54, 1.807) is 0 Å². The van der Waals surface area contributed by atoms with Crippen LogP contribution in [0, 0.1) is 5.92 Å². The highest BCUT2D eigenvalue weighted by molar-refractivity contribution is 9.09. The Morgan fingerprint density at radius 1 is 1.58 bits per heavy atom. The summed E-state index contributed by atoms with van der Waals surface area (Å²) in [6.07, 6.45) is 1.06. The molecule has 0 aliphatic carbocycles. The lowest BCUT2D eigenvalue weighted by atomic mass is 10.1. The summed E-state index contributed by atoms with van der Waals surface area (Å²) in [4.78, 5) is 2.37. The van der Waals surface area contributed by atoms with Gasteiger partial charge in [-0.25, -0.2) is 0 Å². The molecule has 3 atom stereocenters. The topological polar surface area (TPSA) is 23.5 Å². The van der Waals surface area contributed by atoms with Gasteiger partial charge in [0.05, 0.1) is 6.10 Å². The summed E-state index contributed by atoms with van der Waals surface area (Å²) < 4.78 is 0. The molecule has 0 radical (unpaired) electrons. The number of β-amino-alcohol motifs (C(OH)–C–C–N with tert-alkyl or cyclic N) is 1. The van der Waals surface area contributed by atoms with Gasteiger partial charge in [0, 0.05) is 24.5 Å². The standard InChI is InChI=1S/C9H18BrNO/c1-7-3-8(2)11(5-7)6-9(12)4-10/h7-9,12H,3-6H2,1-2H3. The summed E-state index contributed by atoms with van der Waals surface area (Å²) in [5.41, 5.74) is 0. The number of alkyl halides is 1. The predicted octanol–water partition coefficient (Wildman–Crippen LogP) is 1.47.